The van der Waals surface area contributed by atoms with Crippen molar-refractivity contribution in [1.82, 2.24) is 5.32 Å². The van der Waals surface area contributed by atoms with Crippen molar-refractivity contribution < 1.29 is 13.2 Å². The summed E-state index contributed by atoms with van der Waals surface area (Å²) >= 11 is 6.16. The minimum Gasteiger partial charge on any atom is -0.372 e. The van der Waals surface area contributed by atoms with E-state index in [1.54, 1.807) is 24.3 Å². The summed E-state index contributed by atoms with van der Waals surface area (Å²) in [6.07, 6.45) is 2.44. The van der Waals surface area contributed by atoms with Gasteiger partial charge in [-0.3, -0.25) is 9.52 Å². The van der Waals surface area contributed by atoms with Gasteiger partial charge < -0.3 is 10.2 Å². The van der Waals surface area contributed by atoms with Crippen LogP contribution in [-0.2, 0) is 16.6 Å². The average Bonchev–Trinajstić information content (AvgIpc) is 3.34. The third-order valence-corrected chi connectivity index (χ3v) is 7.51. The van der Waals surface area contributed by atoms with Gasteiger partial charge in [-0.15, -0.1) is 0 Å². The standard InChI is InChI=1S/C25H26ClN3O3S/c1-18-4-9-21(10-5-18)28-33(31,32)24-16-20(8-13-23(24)26)25(30)27-17-19-6-11-22(12-7-19)29-14-2-3-15-29/h4-13,16,28H,2-3,14-15,17H2,1H3,(H,27,30). The molecule has 1 heterocycles. The molecule has 1 saturated heterocycles. The second kappa shape index (κ2) is 9.85. The first-order chi connectivity index (χ1) is 15.8. The first-order valence-electron chi connectivity index (χ1n) is 10.8. The maximum Gasteiger partial charge on any atom is 0.263 e. The fourth-order valence-corrected chi connectivity index (χ4v) is 5.35. The van der Waals surface area contributed by atoms with Gasteiger partial charge in [0.15, 0.2) is 0 Å². The molecule has 6 nitrogen and oxygen atoms in total. The fraction of sp³-hybridized carbons (Fsp3) is 0.240. The maximum atomic E-state index is 12.9. The SMILES string of the molecule is Cc1ccc(NS(=O)(=O)c2cc(C(=O)NCc3ccc(N4CCCC4)cc3)ccc2Cl)cc1. The van der Waals surface area contributed by atoms with E-state index in [1.807, 2.05) is 19.1 Å². The third-order valence-electron chi connectivity index (χ3n) is 5.65. The van der Waals surface area contributed by atoms with E-state index >= 15 is 0 Å². The predicted octanol–water partition coefficient (Wildman–Crippen LogP) is 4.98. The highest BCUT2D eigenvalue weighted by molar-refractivity contribution is 7.92. The van der Waals surface area contributed by atoms with E-state index in [2.05, 4.69) is 27.1 Å². The molecular formula is C25H26ClN3O3S. The zero-order valence-electron chi connectivity index (χ0n) is 18.3. The van der Waals surface area contributed by atoms with Crippen molar-refractivity contribution in [3.63, 3.8) is 0 Å². The zero-order chi connectivity index (χ0) is 23.4. The second-order valence-electron chi connectivity index (χ2n) is 8.16. The number of hydrogen-bond donors (Lipinski definition) is 2. The molecule has 0 aromatic heterocycles. The van der Waals surface area contributed by atoms with E-state index in [0.717, 1.165) is 24.2 Å². The molecule has 0 bridgehead atoms. The van der Waals surface area contributed by atoms with Crippen molar-refractivity contribution in [2.24, 2.45) is 0 Å². The lowest BCUT2D eigenvalue weighted by Gasteiger charge is -2.17. The predicted molar refractivity (Wildman–Crippen MR) is 132 cm³/mol. The van der Waals surface area contributed by atoms with Crippen molar-refractivity contribution >= 4 is 38.9 Å². The van der Waals surface area contributed by atoms with E-state index in [0.29, 0.717) is 12.2 Å². The normalized spacial score (nSPS) is 13.7. The Morgan fingerprint density at radius 1 is 0.970 bits per heavy atom. The number of hydrogen-bond acceptors (Lipinski definition) is 4. The van der Waals surface area contributed by atoms with Crippen molar-refractivity contribution in [2.75, 3.05) is 22.7 Å². The maximum absolute atomic E-state index is 12.9. The van der Waals surface area contributed by atoms with Crippen molar-refractivity contribution in [2.45, 2.75) is 31.2 Å². The molecule has 3 aromatic carbocycles. The molecule has 0 atom stereocenters. The third kappa shape index (κ3) is 5.67. The molecule has 1 aliphatic heterocycles. The van der Waals surface area contributed by atoms with Gasteiger partial charge >= 0.3 is 0 Å². The smallest absolute Gasteiger partial charge is 0.263 e. The number of benzene rings is 3. The Morgan fingerprint density at radius 3 is 2.30 bits per heavy atom. The molecule has 2 N–H and O–H groups in total. The highest BCUT2D eigenvalue weighted by atomic mass is 35.5. The summed E-state index contributed by atoms with van der Waals surface area (Å²) in [6, 6.07) is 19.3. The quantitative estimate of drug-likeness (QED) is 0.496. The minimum atomic E-state index is -3.96. The van der Waals surface area contributed by atoms with Crippen LogP contribution in [0.2, 0.25) is 5.02 Å². The van der Waals surface area contributed by atoms with E-state index in [1.165, 1.54) is 36.7 Å². The fourth-order valence-electron chi connectivity index (χ4n) is 3.77. The molecule has 0 saturated carbocycles. The lowest BCUT2D eigenvalue weighted by atomic mass is 10.1. The Hall–Kier alpha value is -3.03. The van der Waals surface area contributed by atoms with Gasteiger partial charge in [-0.05, 0) is 67.8 Å². The number of sulfonamides is 1. The van der Waals surface area contributed by atoms with Crippen LogP contribution >= 0.6 is 11.6 Å². The number of anilines is 2. The first kappa shape index (κ1) is 23.1. The topological polar surface area (TPSA) is 78.5 Å². The highest BCUT2D eigenvalue weighted by Gasteiger charge is 2.20. The summed E-state index contributed by atoms with van der Waals surface area (Å²) in [4.78, 5) is 14.9. The zero-order valence-corrected chi connectivity index (χ0v) is 19.9. The molecule has 0 unspecified atom stereocenters. The van der Waals surface area contributed by atoms with Crippen LogP contribution in [0.5, 0.6) is 0 Å². The van der Waals surface area contributed by atoms with Crippen LogP contribution in [0.4, 0.5) is 11.4 Å². The Kier molecular flexibility index (Phi) is 6.91. The largest absolute Gasteiger partial charge is 0.372 e. The van der Waals surface area contributed by atoms with Crippen LogP contribution in [0.25, 0.3) is 0 Å². The number of carbonyl (C=O) groups excluding carboxylic acids is 1. The molecule has 33 heavy (non-hydrogen) atoms. The van der Waals surface area contributed by atoms with E-state index in [4.69, 9.17) is 11.6 Å². The van der Waals surface area contributed by atoms with Crippen LogP contribution in [0.3, 0.4) is 0 Å². The Bertz CT molecular complexity index is 1240. The lowest BCUT2D eigenvalue weighted by Crippen LogP contribution is -2.23. The molecule has 172 valence electrons. The van der Waals surface area contributed by atoms with Gasteiger partial charge in [-0.25, -0.2) is 8.42 Å². The van der Waals surface area contributed by atoms with Crippen LogP contribution in [0.15, 0.2) is 71.6 Å². The molecule has 4 rings (SSSR count). The second-order valence-corrected chi connectivity index (χ2v) is 10.2. The molecule has 0 spiro atoms. The highest BCUT2D eigenvalue weighted by Crippen LogP contribution is 2.25. The number of halogens is 1. The number of nitrogens with one attached hydrogen (secondary N) is 2. The number of amides is 1. The Balaban J connectivity index is 1.44. The van der Waals surface area contributed by atoms with Gasteiger partial charge in [-0.1, -0.05) is 41.4 Å². The Labute approximate surface area is 199 Å². The lowest BCUT2D eigenvalue weighted by molar-refractivity contribution is 0.0950. The van der Waals surface area contributed by atoms with Crippen LogP contribution in [0, 0.1) is 6.92 Å². The van der Waals surface area contributed by atoms with Crippen LogP contribution < -0.4 is 14.9 Å². The van der Waals surface area contributed by atoms with Crippen molar-refractivity contribution in [1.29, 1.82) is 0 Å². The Morgan fingerprint density at radius 2 is 1.64 bits per heavy atom. The average molecular weight is 484 g/mol. The monoisotopic (exact) mass is 483 g/mol. The molecule has 0 aliphatic carbocycles. The molecule has 0 radical (unpaired) electrons. The first-order valence-corrected chi connectivity index (χ1v) is 12.7. The summed E-state index contributed by atoms with van der Waals surface area (Å²) in [5, 5.41) is 2.89. The molecular weight excluding hydrogens is 458 g/mol. The molecule has 1 aliphatic rings. The molecule has 8 heteroatoms. The molecule has 1 fully saturated rings. The van der Waals surface area contributed by atoms with Gasteiger partial charge in [0.1, 0.15) is 4.90 Å². The van der Waals surface area contributed by atoms with Gasteiger partial charge in [0.05, 0.1) is 5.02 Å². The van der Waals surface area contributed by atoms with Gasteiger partial charge in [-0.2, -0.15) is 0 Å². The van der Waals surface area contributed by atoms with Crippen LogP contribution in [0.1, 0.15) is 34.3 Å². The summed E-state index contributed by atoms with van der Waals surface area (Å²) < 4.78 is 28.2. The van der Waals surface area contributed by atoms with Crippen LogP contribution in [-0.4, -0.2) is 27.4 Å². The summed E-state index contributed by atoms with van der Waals surface area (Å²) in [6.45, 7) is 4.41. The summed E-state index contributed by atoms with van der Waals surface area (Å²) in [7, 11) is -3.96. The summed E-state index contributed by atoms with van der Waals surface area (Å²) in [5.74, 6) is -0.373. The number of aryl methyl sites for hydroxylation is 1. The minimum absolute atomic E-state index is 0.0451. The van der Waals surface area contributed by atoms with Gasteiger partial charge in [0.25, 0.3) is 15.9 Å². The number of nitrogens with zero attached hydrogens (tertiary/aromatic N) is 1. The molecule has 1 amide bonds. The molecule has 3 aromatic rings. The number of rotatable bonds is 7. The van der Waals surface area contributed by atoms with Crippen molar-refractivity contribution in [3.8, 4) is 0 Å². The van der Waals surface area contributed by atoms with Gasteiger partial charge in [0.2, 0.25) is 0 Å². The van der Waals surface area contributed by atoms with E-state index in [9.17, 15) is 13.2 Å². The van der Waals surface area contributed by atoms with Crippen molar-refractivity contribution in [3.05, 3.63) is 88.4 Å². The summed E-state index contributed by atoms with van der Waals surface area (Å²) in [5.41, 5.74) is 3.81. The van der Waals surface area contributed by atoms with Gasteiger partial charge in [0, 0.05) is 36.6 Å². The van der Waals surface area contributed by atoms with E-state index in [-0.39, 0.29) is 21.4 Å². The van der Waals surface area contributed by atoms with E-state index < -0.39 is 10.0 Å². The number of carbonyl (C=O) groups is 1.